The predicted octanol–water partition coefficient (Wildman–Crippen LogP) is 9.19. The van der Waals surface area contributed by atoms with Gasteiger partial charge in [0.15, 0.2) is 0 Å². The molecule has 3 aromatic carbocycles. The van der Waals surface area contributed by atoms with Gasteiger partial charge in [-0.25, -0.2) is 4.79 Å². The molecule has 0 bridgehead atoms. The molecule has 48 heavy (non-hydrogen) atoms. The molecule has 1 saturated carbocycles. The summed E-state index contributed by atoms with van der Waals surface area (Å²) in [5, 5.41) is 11.2. The number of carbonyl (C=O) groups excluding carboxylic acids is 2. The van der Waals surface area contributed by atoms with Gasteiger partial charge in [0.25, 0.3) is 5.91 Å². The summed E-state index contributed by atoms with van der Waals surface area (Å²) in [6.07, 6.45) is 2.22. The van der Waals surface area contributed by atoms with Gasteiger partial charge in [0.1, 0.15) is 10.6 Å². The fourth-order valence-corrected chi connectivity index (χ4v) is 7.98. The van der Waals surface area contributed by atoms with Gasteiger partial charge in [-0.2, -0.15) is 0 Å². The largest absolute Gasteiger partial charge is 0.496 e. The van der Waals surface area contributed by atoms with Gasteiger partial charge < -0.3 is 24.5 Å². The van der Waals surface area contributed by atoms with Crippen molar-refractivity contribution in [2.24, 2.45) is 5.92 Å². The predicted molar refractivity (Wildman–Crippen MR) is 194 cm³/mol. The van der Waals surface area contributed by atoms with Crippen LogP contribution in [0, 0.1) is 5.92 Å². The fraction of sp³-hybridized carbons (Fsp3) is 0.395. The molecule has 1 heterocycles. The number of benzene rings is 3. The Labute approximate surface area is 291 Å². The lowest BCUT2D eigenvalue weighted by Crippen LogP contribution is -2.48. The van der Waals surface area contributed by atoms with Crippen molar-refractivity contribution in [1.29, 1.82) is 0 Å². The lowest BCUT2D eigenvalue weighted by atomic mass is 9.84. The second kappa shape index (κ2) is 14.6. The maximum Gasteiger partial charge on any atom is 0.407 e. The van der Waals surface area contributed by atoms with Crippen LogP contribution in [0.2, 0.25) is 5.02 Å². The second-order valence-electron chi connectivity index (χ2n) is 13.6. The van der Waals surface area contributed by atoms with Crippen molar-refractivity contribution >= 4 is 56.6 Å². The van der Waals surface area contributed by atoms with E-state index in [1.165, 1.54) is 23.2 Å². The van der Waals surface area contributed by atoms with Crippen LogP contribution in [0.25, 0.3) is 21.2 Å². The van der Waals surface area contributed by atoms with Crippen LogP contribution < -0.4 is 9.64 Å². The lowest BCUT2D eigenvalue weighted by molar-refractivity contribution is -0.116. The van der Waals surface area contributed by atoms with Gasteiger partial charge in [-0.3, -0.25) is 9.59 Å². The third kappa shape index (κ3) is 7.63. The Morgan fingerprint density at radius 1 is 0.958 bits per heavy atom. The first kappa shape index (κ1) is 35.2. The molecule has 1 fully saturated rings. The molecule has 5 rings (SSSR count). The highest BCUT2D eigenvalue weighted by atomic mass is 35.5. The van der Waals surface area contributed by atoms with E-state index in [9.17, 15) is 19.5 Å². The van der Waals surface area contributed by atoms with Crippen LogP contribution in [-0.2, 0) is 11.3 Å². The number of amides is 3. The smallest absolute Gasteiger partial charge is 0.407 e. The molecule has 0 saturated heterocycles. The first-order chi connectivity index (χ1) is 22.8. The minimum absolute atomic E-state index is 0.0413. The Kier molecular flexibility index (Phi) is 10.7. The average molecular weight is 690 g/mol. The molecule has 0 atom stereocenters. The van der Waals surface area contributed by atoms with E-state index in [1.807, 2.05) is 86.3 Å². The molecule has 0 unspecified atom stereocenters. The zero-order valence-corrected chi connectivity index (χ0v) is 30.0. The highest BCUT2D eigenvalue weighted by Crippen LogP contribution is 2.39. The van der Waals surface area contributed by atoms with Crippen molar-refractivity contribution in [3.05, 3.63) is 82.2 Å². The van der Waals surface area contributed by atoms with Crippen LogP contribution in [0.15, 0.2) is 66.7 Å². The van der Waals surface area contributed by atoms with Crippen LogP contribution >= 0.6 is 22.9 Å². The molecule has 0 aliphatic heterocycles. The van der Waals surface area contributed by atoms with Gasteiger partial charge in [-0.15, -0.1) is 11.3 Å². The summed E-state index contributed by atoms with van der Waals surface area (Å²) in [6, 6.07) is 21.5. The van der Waals surface area contributed by atoms with E-state index in [0.717, 1.165) is 58.1 Å². The Bertz CT molecular complexity index is 1790. The number of carboxylic acid groups (broad SMARTS) is 1. The summed E-state index contributed by atoms with van der Waals surface area (Å²) >= 11 is 8.27. The number of thiophene rings is 1. The van der Waals surface area contributed by atoms with E-state index in [1.54, 1.807) is 19.1 Å². The first-order valence-electron chi connectivity index (χ1n) is 16.3. The topological polar surface area (TPSA) is 90.4 Å². The number of nitrogens with zero attached hydrogens (tertiary/aromatic N) is 3. The number of rotatable bonds is 9. The number of anilines is 1. The van der Waals surface area contributed by atoms with Gasteiger partial charge in [-0.05, 0) is 93.8 Å². The lowest BCUT2D eigenvalue weighted by Gasteiger charge is -2.40. The van der Waals surface area contributed by atoms with Crippen molar-refractivity contribution in [2.75, 3.05) is 25.6 Å². The Morgan fingerprint density at radius 3 is 2.19 bits per heavy atom. The summed E-state index contributed by atoms with van der Waals surface area (Å²) in [4.78, 5) is 44.0. The number of ether oxygens (including phenoxy) is 1. The van der Waals surface area contributed by atoms with Crippen molar-refractivity contribution < 1.29 is 24.2 Å². The summed E-state index contributed by atoms with van der Waals surface area (Å²) in [6.45, 7) is 8.08. The molecule has 0 radical (unpaired) electrons. The van der Waals surface area contributed by atoms with Gasteiger partial charge in [0, 0.05) is 60.0 Å². The molecule has 8 nitrogen and oxygen atoms in total. The van der Waals surface area contributed by atoms with Crippen LogP contribution in [-0.4, -0.2) is 65.1 Å². The maximum absolute atomic E-state index is 14.5. The molecule has 1 aromatic heterocycles. The molecule has 3 amide bonds. The number of methoxy groups -OCH3 is 1. The van der Waals surface area contributed by atoms with Crippen molar-refractivity contribution in [3.8, 4) is 16.9 Å². The number of hydrogen-bond donors (Lipinski definition) is 1. The minimum Gasteiger partial charge on any atom is -0.496 e. The van der Waals surface area contributed by atoms with E-state index in [2.05, 4.69) is 6.07 Å². The van der Waals surface area contributed by atoms with Gasteiger partial charge in [0.05, 0.1) is 12.1 Å². The Morgan fingerprint density at radius 2 is 1.60 bits per heavy atom. The Hall–Kier alpha value is -4.08. The summed E-state index contributed by atoms with van der Waals surface area (Å²) in [5.74, 6) is 0.739. The highest BCUT2D eigenvalue weighted by Gasteiger charge is 2.35. The fourth-order valence-electron chi connectivity index (χ4n) is 6.51. The number of carbonyl (C=O) groups is 3. The summed E-state index contributed by atoms with van der Waals surface area (Å²) < 4.78 is 6.77. The van der Waals surface area contributed by atoms with E-state index < -0.39 is 11.6 Å². The molecule has 1 N–H and O–H groups in total. The number of hydrogen-bond acceptors (Lipinski definition) is 5. The zero-order chi connectivity index (χ0) is 34.7. The van der Waals surface area contributed by atoms with E-state index in [0.29, 0.717) is 28.7 Å². The SMILES string of the molecule is COc1ccc(-c2ccc(N(C)C(C)=O)cc2)cc1CN(C(=O)c1sc2ccccc2c1Cl)C1CCC(CN(C(=O)O)C(C)(C)C)CC1. The third-order valence-electron chi connectivity index (χ3n) is 9.41. The van der Waals surface area contributed by atoms with Crippen LogP contribution in [0.5, 0.6) is 5.75 Å². The molecule has 1 aliphatic carbocycles. The van der Waals surface area contributed by atoms with Crippen LogP contribution in [0.1, 0.15) is 68.6 Å². The molecule has 10 heteroatoms. The first-order valence-corrected chi connectivity index (χ1v) is 17.5. The van der Waals surface area contributed by atoms with Crippen LogP contribution in [0.3, 0.4) is 0 Å². The van der Waals surface area contributed by atoms with Gasteiger partial charge in [0.2, 0.25) is 5.91 Å². The van der Waals surface area contributed by atoms with Gasteiger partial charge >= 0.3 is 6.09 Å². The third-order valence-corrected chi connectivity index (χ3v) is 11.1. The summed E-state index contributed by atoms with van der Waals surface area (Å²) in [7, 11) is 3.38. The maximum atomic E-state index is 14.5. The second-order valence-corrected chi connectivity index (χ2v) is 15.0. The van der Waals surface area contributed by atoms with Crippen molar-refractivity contribution in [3.63, 3.8) is 0 Å². The van der Waals surface area contributed by atoms with E-state index >= 15 is 0 Å². The molecular formula is C38H44ClN3O5S. The quantitative estimate of drug-likeness (QED) is 0.189. The van der Waals surface area contributed by atoms with Crippen molar-refractivity contribution in [2.45, 2.75) is 71.5 Å². The number of halogens is 1. The van der Waals surface area contributed by atoms with Gasteiger partial charge in [-0.1, -0.05) is 48.0 Å². The molecule has 1 aliphatic rings. The van der Waals surface area contributed by atoms with E-state index in [-0.39, 0.29) is 23.8 Å². The number of fused-ring (bicyclic) bond motifs is 1. The standard InChI is InChI=1S/C38H44ClN3O5S/c1-24(43)40(5)29-18-13-26(14-19-29)27-15-20-32(47-6)28(21-27)23-41(36(44)35-34(39)31-9-7-8-10-33(31)48-35)30-16-11-25(12-17-30)22-42(37(45)46)38(2,3)4/h7-10,13-15,18-21,25,30H,11-12,16-17,22-23H2,1-6H3,(H,45,46). The summed E-state index contributed by atoms with van der Waals surface area (Å²) in [5.41, 5.74) is 3.13. The normalized spacial score (nSPS) is 16.4. The highest BCUT2D eigenvalue weighted by molar-refractivity contribution is 7.21. The molecule has 0 spiro atoms. The van der Waals surface area contributed by atoms with E-state index in [4.69, 9.17) is 16.3 Å². The zero-order valence-electron chi connectivity index (χ0n) is 28.5. The monoisotopic (exact) mass is 689 g/mol. The molecule has 254 valence electrons. The van der Waals surface area contributed by atoms with Crippen molar-refractivity contribution in [1.82, 2.24) is 9.80 Å². The average Bonchev–Trinajstić information content (AvgIpc) is 3.41. The Balaban J connectivity index is 1.46. The van der Waals surface area contributed by atoms with Crippen LogP contribution in [0.4, 0.5) is 10.5 Å². The molecular weight excluding hydrogens is 646 g/mol. The molecule has 4 aromatic rings. The minimum atomic E-state index is -0.909.